The maximum atomic E-state index is 6.45. The maximum Gasteiger partial charge on any atom is 0.127 e. The Morgan fingerprint density at radius 3 is 2.48 bits per heavy atom. The van der Waals surface area contributed by atoms with Gasteiger partial charge in [0.25, 0.3) is 0 Å². The minimum atomic E-state index is 0.365. The Morgan fingerprint density at radius 2 is 1.86 bits per heavy atom. The molecule has 0 aliphatic heterocycles. The molecule has 1 saturated carbocycles. The number of benzene rings is 1. The van der Waals surface area contributed by atoms with Crippen LogP contribution >= 0.6 is 15.9 Å². The van der Waals surface area contributed by atoms with E-state index in [9.17, 15) is 0 Å². The fourth-order valence-corrected chi connectivity index (χ4v) is 4.11. The fourth-order valence-electron chi connectivity index (χ4n) is 3.49. The van der Waals surface area contributed by atoms with Crippen LogP contribution in [0.2, 0.25) is 0 Å². The molecule has 0 radical (unpaired) electrons. The summed E-state index contributed by atoms with van der Waals surface area (Å²) >= 11 is 3.60. The molecule has 1 aliphatic rings. The second kappa shape index (κ2) is 7.64. The van der Waals surface area contributed by atoms with Crippen LogP contribution in [-0.4, -0.2) is 12.6 Å². The molecular formula is C18H28BrNO. The molecule has 1 aromatic rings. The summed E-state index contributed by atoms with van der Waals surface area (Å²) in [6.45, 7) is 10.8. The van der Waals surface area contributed by atoms with Crippen LogP contribution < -0.4 is 10.1 Å². The number of hydrogen-bond acceptors (Lipinski definition) is 2. The van der Waals surface area contributed by atoms with Crippen LogP contribution in [0.15, 0.2) is 16.6 Å². The van der Waals surface area contributed by atoms with Crippen molar-refractivity contribution in [3.63, 3.8) is 0 Å². The molecular weight excluding hydrogens is 326 g/mol. The predicted molar refractivity (Wildman–Crippen MR) is 92.9 cm³/mol. The van der Waals surface area contributed by atoms with Gasteiger partial charge in [-0.2, -0.15) is 0 Å². The highest BCUT2D eigenvalue weighted by atomic mass is 79.9. The Morgan fingerprint density at radius 1 is 1.19 bits per heavy atom. The van der Waals surface area contributed by atoms with Crippen LogP contribution in [0.25, 0.3) is 0 Å². The van der Waals surface area contributed by atoms with E-state index in [-0.39, 0.29) is 0 Å². The third-order valence-electron chi connectivity index (χ3n) is 4.30. The molecule has 1 fully saturated rings. The van der Waals surface area contributed by atoms with Crippen LogP contribution in [0.5, 0.6) is 5.75 Å². The molecule has 118 valence electrons. The molecule has 0 saturated heterocycles. The van der Waals surface area contributed by atoms with E-state index < -0.39 is 0 Å². The highest BCUT2D eigenvalue weighted by Gasteiger charge is 2.26. The zero-order valence-electron chi connectivity index (χ0n) is 13.7. The quantitative estimate of drug-likeness (QED) is 0.797. The molecule has 3 heteroatoms. The molecule has 1 aliphatic carbocycles. The largest absolute Gasteiger partial charge is 0.490 e. The average Bonchev–Trinajstić information content (AvgIpc) is 2.38. The zero-order valence-corrected chi connectivity index (χ0v) is 15.3. The number of halogens is 1. The smallest absolute Gasteiger partial charge is 0.127 e. The predicted octanol–water partition coefficient (Wildman–Crippen LogP) is 5.07. The van der Waals surface area contributed by atoms with E-state index in [1.54, 1.807) is 0 Å². The molecule has 0 bridgehead atoms. The Bertz CT molecular complexity index is 465. The van der Waals surface area contributed by atoms with Crippen LogP contribution in [0.4, 0.5) is 0 Å². The molecule has 2 atom stereocenters. The normalized spacial score (nSPS) is 25.9. The molecule has 2 nitrogen and oxygen atoms in total. The van der Waals surface area contributed by atoms with Crippen molar-refractivity contribution in [1.82, 2.24) is 5.32 Å². The highest BCUT2D eigenvalue weighted by Crippen LogP contribution is 2.35. The number of ether oxygens (including phenoxy) is 1. The van der Waals surface area contributed by atoms with E-state index in [0.717, 1.165) is 35.1 Å². The van der Waals surface area contributed by atoms with E-state index in [2.05, 4.69) is 61.1 Å². The molecule has 2 rings (SSSR count). The van der Waals surface area contributed by atoms with Crippen molar-refractivity contribution >= 4 is 15.9 Å². The number of aryl methyl sites for hydroxylation is 1. The first kappa shape index (κ1) is 16.8. The summed E-state index contributed by atoms with van der Waals surface area (Å²) in [5.74, 6) is 2.63. The first-order valence-electron chi connectivity index (χ1n) is 8.16. The third-order valence-corrected chi connectivity index (χ3v) is 4.76. The van der Waals surface area contributed by atoms with Crippen molar-refractivity contribution in [2.24, 2.45) is 11.8 Å². The Balaban J connectivity index is 2.17. The van der Waals surface area contributed by atoms with Crippen LogP contribution in [0.3, 0.4) is 0 Å². The summed E-state index contributed by atoms with van der Waals surface area (Å²) in [6, 6.07) is 4.33. The van der Waals surface area contributed by atoms with Crippen molar-refractivity contribution in [2.45, 2.75) is 59.6 Å². The van der Waals surface area contributed by atoms with E-state index in [4.69, 9.17) is 4.74 Å². The molecule has 1 aromatic carbocycles. The molecule has 2 unspecified atom stereocenters. The standard InChI is InChI=1S/C18H28BrNO/c1-5-20-11-15-10-16(19)9-14(4)18(15)21-17-7-12(2)6-13(3)8-17/h9-10,12-13,17,20H,5-8,11H2,1-4H3. The van der Waals surface area contributed by atoms with Gasteiger partial charge < -0.3 is 10.1 Å². The molecule has 0 amide bonds. The molecule has 0 aromatic heterocycles. The van der Waals surface area contributed by atoms with Gasteiger partial charge in [-0.1, -0.05) is 36.7 Å². The van der Waals surface area contributed by atoms with Crippen LogP contribution in [0, 0.1) is 18.8 Å². The second-order valence-corrected chi connectivity index (χ2v) is 7.56. The molecule has 21 heavy (non-hydrogen) atoms. The summed E-state index contributed by atoms with van der Waals surface area (Å²) in [6.07, 6.45) is 4.06. The lowest BCUT2D eigenvalue weighted by Gasteiger charge is -2.32. The Labute approximate surface area is 137 Å². The lowest BCUT2D eigenvalue weighted by atomic mass is 9.82. The number of rotatable bonds is 5. The van der Waals surface area contributed by atoms with Gasteiger partial charge in [0, 0.05) is 16.6 Å². The van der Waals surface area contributed by atoms with Crippen molar-refractivity contribution in [2.75, 3.05) is 6.54 Å². The summed E-state index contributed by atoms with van der Waals surface area (Å²) in [4.78, 5) is 0. The monoisotopic (exact) mass is 353 g/mol. The van der Waals surface area contributed by atoms with Gasteiger partial charge in [0.1, 0.15) is 5.75 Å². The number of hydrogen-bond donors (Lipinski definition) is 1. The first-order valence-corrected chi connectivity index (χ1v) is 8.95. The van der Waals surface area contributed by atoms with Gasteiger partial charge in [-0.15, -0.1) is 0 Å². The van der Waals surface area contributed by atoms with Crippen LogP contribution in [0.1, 0.15) is 51.2 Å². The summed E-state index contributed by atoms with van der Waals surface area (Å²) in [7, 11) is 0. The maximum absolute atomic E-state index is 6.45. The van der Waals surface area contributed by atoms with Gasteiger partial charge in [0.05, 0.1) is 6.10 Å². The van der Waals surface area contributed by atoms with E-state index in [1.807, 2.05) is 0 Å². The van der Waals surface area contributed by atoms with Gasteiger partial charge in [-0.3, -0.25) is 0 Å². The lowest BCUT2D eigenvalue weighted by Crippen LogP contribution is -2.29. The van der Waals surface area contributed by atoms with E-state index >= 15 is 0 Å². The van der Waals surface area contributed by atoms with Gasteiger partial charge >= 0.3 is 0 Å². The first-order chi connectivity index (χ1) is 9.99. The topological polar surface area (TPSA) is 21.3 Å². The van der Waals surface area contributed by atoms with Crippen molar-refractivity contribution in [3.8, 4) is 5.75 Å². The highest BCUT2D eigenvalue weighted by molar-refractivity contribution is 9.10. The average molecular weight is 354 g/mol. The molecule has 0 spiro atoms. The summed E-state index contributed by atoms with van der Waals surface area (Å²) < 4.78 is 7.58. The van der Waals surface area contributed by atoms with Crippen molar-refractivity contribution < 1.29 is 4.74 Å². The third kappa shape index (κ3) is 4.72. The van der Waals surface area contributed by atoms with E-state index in [0.29, 0.717) is 6.10 Å². The Kier molecular flexibility index (Phi) is 6.12. The van der Waals surface area contributed by atoms with Gasteiger partial charge in [-0.25, -0.2) is 0 Å². The SMILES string of the molecule is CCNCc1cc(Br)cc(C)c1OC1CC(C)CC(C)C1. The van der Waals surface area contributed by atoms with E-state index in [1.165, 1.54) is 30.4 Å². The minimum Gasteiger partial charge on any atom is -0.490 e. The van der Waals surface area contributed by atoms with Crippen LogP contribution in [-0.2, 0) is 6.54 Å². The lowest BCUT2D eigenvalue weighted by molar-refractivity contribution is 0.0992. The van der Waals surface area contributed by atoms with Gasteiger partial charge in [0.2, 0.25) is 0 Å². The molecule has 0 heterocycles. The Hall–Kier alpha value is -0.540. The van der Waals surface area contributed by atoms with Crippen molar-refractivity contribution in [1.29, 1.82) is 0 Å². The second-order valence-electron chi connectivity index (χ2n) is 6.65. The number of nitrogens with one attached hydrogen (secondary N) is 1. The fraction of sp³-hybridized carbons (Fsp3) is 0.667. The summed E-state index contributed by atoms with van der Waals surface area (Å²) in [5, 5.41) is 3.41. The van der Waals surface area contributed by atoms with Gasteiger partial charge in [-0.05, 0) is 62.3 Å². The molecule has 1 N–H and O–H groups in total. The van der Waals surface area contributed by atoms with Gasteiger partial charge in [0.15, 0.2) is 0 Å². The summed E-state index contributed by atoms with van der Waals surface area (Å²) in [5.41, 5.74) is 2.48. The minimum absolute atomic E-state index is 0.365. The zero-order chi connectivity index (χ0) is 15.4. The van der Waals surface area contributed by atoms with Crippen molar-refractivity contribution in [3.05, 3.63) is 27.7 Å².